The molecule has 0 aliphatic carbocycles. The van der Waals surface area contributed by atoms with Gasteiger partial charge in [0.15, 0.2) is 6.61 Å². The van der Waals surface area contributed by atoms with Crippen LogP contribution in [0.1, 0.15) is 28.4 Å². The molecule has 0 unspecified atom stereocenters. The van der Waals surface area contributed by atoms with Crippen molar-refractivity contribution in [3.8, 4) is 5.75 Å². The van der Waals surface area contributed by atoms with Crippen LogP contribution in [0.3, 0.4) is 0 Å². The third-order valence-electron chi connectivity index (χ3n) is 4.57. The first-order valence-corrected chi connectivity index (χ1v) is 10.1. The maximum Gasteiger partial charge on any atom is 0.258 e. The van der Waals surface area contributed by atoms with Crippen LogP contribution in [0.2, 0.25) is 5.02 Å². The van der Waals surface area contributed by atoms with E-state index in [9.17, 15) is 9.59 Å². The average Bonchev–Trinajstić information content (AvgIpc) is 2.78. The van der Waals surface area contributed by atoms with Gasteiger partial charge in [-0.15, -0.1) is 0 Å². The minimum absolute atomic E-state index is 0.125. The molecule has 2 amide bonds. The molecule has 0 heterocycles. The second-order valence-corrected chi connectivity index (χ2v) is 7.05. The molecule has 30 heavy (non-hydrogen) atoms. The number of rotatable bonds is 8. The molecule has 3 rings (SSSR count). The van der Waals surface area contributed by atoms with Crippen LogP contribution in [0.4, 0.5) is 5.69 Å². The lowest BCUT2D eigenvalue weighted by molar-refractivity contribution is -0.123. The first-order chi connectivity index (χ1) is 14.6. The highest BCUT2D eigenvalue weighted by Crippen LogP contribution is 2.18. The first-order valence-electron chi connectivity index (χ1n) is 9.69. The van der Waals surface area contributed by atoms with Gasteiger partial charge in [0.2, 0.25) is 0 Å². The summed E-state index contributed by atoms with van der Waals surface area (Å²) in [6, 6.07) is 21.7. The molecular weight excluding hydrogens is 400 g/mol. The number of nitrogens with one attached hydrogen (secondary N) is 2. The second-order valence-electron chi connectivity index (χ2n) is 6.65. The predicted molar refractivity (Wildman–Crippen MR) is 119 cm³/mol. The minimum atomic E-state index is -0.257. The molecule has 3 aromatic carbocycles. The number of anilines is 1. The lowest BCUT2D eigenvalue weighted by Crippen LogP contribution is -2.28. The number of halogens is 1. The Balaban J connectivity index is 1.50. The number of aryl methyl sites for hydroxylation is 1. The minimum Gasteiger partial charge on any atom is -0.484 e. The Morgan fingerprint density at radius 3 is 2.27 bits per heavy atom. The Hall–Kier alpha value is -3.31. The topological polar surface area (TPSA) is 67.4 Å². The third-order valence-corrected chi connectivity index (χ3v) is 4.94. The Labute approximate surface area is 181 Å². The number of hydrogen-bond donors (Lipinski definition) is 2. The summed E-state index contributed by atoms with van der Waals surface area (Å²) in [4.78, 5) is 24.5. The Bertz CT molecular complexity index is 1020. The Morgan fingerprint density at radius 1 is 0.900 bits per heavy atom. The predicted octanol–water partition coefficient (Wildman–Crippen LogP) is 4.85. The van der Waals surface area contributed by atoms with Crippen LogP contribution in [0, 0.1) is 0 Å². The largest absolute Gasteiger partial charge is 0.484 e. The van der Waals surface area contributed by atoms with Gasteiger partial charge in [-0.25, -0.2) is 0 Å². The lowest BCUT2D eigenvalue weighted by atomic mass is 10.1. The van der Waals surface area contributed by atoms with Crippen molar-refractivity contribution in [2.45, 2.75) is 19.9 Å². The maximum atomic E-state index is 12.5. The number of para-hydroxylation sites is 1. The van der Waals surface area contributed by atoms with Crippen molar-refractivity contribution < 1.29 is 14.3 Å². The number of carbonyl (C=O) groups excluding carboxylic acids is 2. The molecule has 6 heteroatoms. The van der Waals surface area contributed by atoms with E-state index in [0.29, 0.717) is 22.9 Å². The summed E-state index contributed by atoms with van der Waals surface area (Å²) in [5.74, 6) is 0.0567. The van der Waals surface area contributed by atoms with Crippen molar-refractivity contribution in [1.82, 2.24) is 5.32 Å². The van der Waals surface area contributed by atoms with Crippen molar-refractivity contribution in [2.24, 2.45) is 0 Å². The molecular formula is C24H23ClN2O3. The van der Waals surface area contributed by atoms with Crippen molar-refractivity contribution in [1.29, 1.82) is 0 Å². The molecule has 0 aliphatic heterocycles. The van der Waals surface area contributed by atoms with Gasteiger partial charge in [-0.1, -0.05) is 54.9 Å². The van der Waals surface area contributed by atoms with Gasteiger partial charge in [-0.2, -0.15) is 0 Å². The summed E-state index contributed by atoms with van der Waals surface area (Å²) in [6.07, 6.45) is 0.835. The highest BCUT2D eigenvalue weighted by molar-refractivity contribution is 6.31. The molecule has 3 aromatic rings. The maximum absolute atomic E-state index is 12.5. The molecule has 0 atom stereocenters. The second kappa shape index (κ2) is 10.5. The quantitative estimate of drug-likeness (QED) is 0.545. The van der Waals surface area contributed by atoms with Gasteiger partial charge < -0.3 is 15.4 Å². The van der Waals surface area contributed by atoms with E-state index in [2.05, 4.69) is 10.6 Å². The van der Waals surface area contributed by atoms with E-state index in [1.54, 1.807) is 30.3 Å². The van der Waals surface area contributed by atoms with Crippen molar-refractivity contribution in [3.63, 3.8) is 0 Å². The van der Waals surface area contributed by atoms with E-state index in [1.165, 1.54) is 0 Å². The van der Waals surface area contributed by atoms with Crippen LogP contribution in [0.5, 0.6) is 5.75 Å². The standard InChI is InChI=1S/C24H23ClN2O3/c1-2-17-7-4-6-10-22(17)27-24(29)18-11-13-20(14-12-18)30-16-23(28)26-15-19-8-3-5-9-21(19)25/h3-14H,2,15-16H2,1H3,(H,26,28)(H,27,29). The van der Waals surface area contributed by atoms with Crippen molar-refractivity contribution in [2.75, 3.05) is 11.9 Å². The molecule has 0 aliphatic rings. The summed E-state index contributed by atoms with van der Waals surface area (Å²) in [7, 11) is 0. The van der Waals surface area contributed by atoms with E-state index in [0.717, 1.165) is 23.2 Å². The molecule has 0 bridgehead atoms. The summed E-state index contributed by atoms with van der Waals surface area (Å²) in [5, 5.41) is 6.30. The van der Waals surface area contributed by atoms with Crippen LogP contribution < -0.4 is 15.4 Å². The van der Waals surface area contributed by atoms with Gasteiger partial charge in [-0.3, -0.25) is 9.59 Å². The van der Waals surface area contributed by atoms with Crippen LogP contribution in [-0.2, 0) is 17.8 Å². The summed E-state index contributed by atoms with van der Waals surface area (Å²) < 4.78 is 5.50. The highest BCUT2D eigenvalue weighted by Gasteiger charge is 2.09. The van der Waals surface area contributed by atoms with E-state index < -0.39 is 0 Å². The molecule has 0 saturated carbocycles. The number of ether oxygens (including phenoxy) is 1. The van der Waals surface area contributed by atoms with Gasteiger partial charge in [0.1, 0.15) is 5.75 Å². The van der Waals surface area contributed by atoms with Crippen molar-refractivity contribution in [3.05, 3.63) is 94.5 Å². The van der Waals surface area contributed by atoms with Gasteiger partial charge in [0.25, 0.3) is 11.8 Å². The lowest BCUT2D eigenvalue weighted by Gasteiger charge is -2.11. The van der Waals surface area contributed by atoms with Gasteiger partial charge in [0, 0.05) is 22.8 Å². The van der Waals surface area contributed by atoms with E-state index in [1.807, 2.05) is 49.4 Å². The molecule has 0 fully saturated rings. The van der Waals surface area contributed by atoms with Crippen LogP contribution in [-0.4, -0.2) is 18.4 Å². The van der Waals surface area contributed by atoms with Crippen LogP contribution in [0.25, 0.3) is 0 Å². The fraction of sp³-hybridized carbons (Fsp3) is 0.167. The zero-order valence-electron chi connectivity index (χ0n) is 16.7. The molecule has 2 N–H and O–H groups in total. The average molecular weight is 423 g/mol. The normalized spacial score (nSPS) is 10.3. The summed E-state index contributed by atoms with van der Waals surface area (Å²) in [5.41, 5.74) is 3.23. The Kier molecular flexibility index (Phi) is 7.46. The van der Waals surface area contributed by atoms with E-state index in [4.69, 9.17) is 16.3 Å². The van der Waals surface area contributed by atoms with Gasteiger partial charge in [0.05, 0.1) is 0 Å². The highest BCUT2D eigenvalue weighted by atomic mass is 35.5. The molecule has 0 aromatic heterocycles. The van der Waals surface area contributed by atoms with Crippen LogP contribution in [0.15, 0.2) is 72.8 Å². The first kappa shape index (κ1) is 21.4. The smallest absolute Gasteiger partial charge is 0.258 e. The molecule has 0 saturated heterocycles. The van der Waals surface area contributed by atoms with Gasteiger partial charge >= 0.3 is 0 Å². The molecule has 5 nitrogen and oxygen atoms in total. The Morgan fingerprint density at radius 2 is 1.57 bits per heavy atom. The van der Waals surface area contributed by atoms with Crippen molar-refractivity contribution >= 4 is 29.1 Å². The van der Waals surface area contributed by atoms with E-state index >= 15 is 0 Å². The molecule has 154 valence electrons. The molecule has 0 spiro atoms. The molecule has 0 radical (unpaired) electrons. The zero-order chi connectivity index (χ0) is 21.3. The number of benzene rings is 3. The summed E-state index contributed by atoms with van der Waals surface area (Å²) in [6.45, 7) is 2.25. The fourth-order valence-electron chi connectivity index (χ4n) is 2.88. The zero-order valence-corrected chi connectivity index (χ0v) is 17.4. The number of carbonyl (C=O) groups is 2. The summed E-state index contributed by atoms with van der Waals surface area (Å²) >= 11 is 6.07. The van der Waals surface area contributed by atoms with E-state index in [-0.39, 0.29) is 18.4 Å². The fourth-order valence-corrected chi connectivity index (χ4v) is 3.09. The SMILES string of the molecule is CCc1ccccc1NC(=O)c1ccc(OCC(=O)NCc2ccccc2Cl)cc1. The van der Waals surface area contributed by atoms with Gasteiger partial charge in [-0.05, 0) is 53.9 Å². The third kappa shape index (κ3) is 5.84. The monoisotopic (exact) mass is 422 g/mol. The number of amides is 2. The van der Waals surface area contributed by atoms with Crippen LogP contribution >= 0.6 is 11.6 Å². The number of hydrogen-bond acceptors (Lipinski definition) is 3.